The molecule has 1 aliphatic rings. The molecule has 1 fully saturated rings. The molecule has 1 heterocycles. The van der Waals surface area contributed by atoms with E-state index in [9.17, 15) is 0 Å². The summed E-state index contributed by atoms with van der Waals surface area (Å²) in [6.07, 6.45) is 0. The van der Waals surface area contributed by atoms with Crippen molar-refractivity contribution in [3.8, 4) is 0 Å². The van der Waals surface area contributed by atoms with Crippen LogP contribution in [0.1, 0.15) is 33.3 Å². The zero-order chi connectivity index (χ0) is 16.4. The molecule has 3 nitrogen and oxygen atoms in total. The molecule has 3 heteroatoms. The van der Waals surface area contributed by atoms with Crippen LogP contribution >= 0.6 is 0 Å². The van der Waals surface area contributed by atoms with Crippen molar-refractivity contribution in [2.45, 2.75) is 40.2 Å². The lowest BCUT2D eigenvalue weighted by Gasteiger charge is -2.52. The first kappa shape index (κ1) is 17.3. The summed E-state index contributed by atoms with van der Waals surface area (Å²) in [5, 5.41) is 0. The molecule has 0 aliphatic carbocycles. The summed E-state index contributed by atoms with van der Waals surface area (Å²) >= 11 is 0. The topological polar surface area (TPSA) is 15.7 Å². The Bertz CT molecular complexity index is 471. The average molecular weight is 304 g/mol. The second kappa shape index (κ2) is 6.59. The van der Waals surface area contributed by atoms with Gasteiger partial charge in [0.25, 0.3) is 0 Å². The first-order valence-electron chi connectivity index (χ1n) is 8.33. The van der Waals surface area contributed by atoms with Crippen molar-refractivity contribution in [2.24, 2.45) is 5.41 Å². The number of hydrogen-bond donors (Lipinski definition) is 0. The number of piperazine rings is 1. The van der Waals surface area contributed by atoms with Crippen LogP contribution in [0, 0.1) is 12.3 Å². The molecule has 0 saturated carbocycles. The molecule has 2 rings (SSSR count). The van der Waals surface area contributed by atoms with Gasteiger partial charge in [-0.25, -0.2) is 0 Å². The van der Waals surface area contributed by atoms with Gasteiger partial charge in [-0.1, -0.05) is 31.5 Å². The van der Waals surface area contributed by atoms with Crippen molar-refractivity contribution in [1.82, 2.24) is 4.90 Å². The highest BCUT2D eigenvalue weighted by Gasteiger charge is 2.42. The highest BCUT2D eigenvalue weighted by molar-refractivity contribution is 5.47. The Morgan fingerprint density at radius 1 is 0.955 bits per heavy atom. The molecule has 124 valence electrons. The predicted octanol–water partition coefficient (Wildman–Crippen LogP) is 3.57. The molecular formula is C19H32N2O. The summed E-state index contributed by atoms with van der Waals surface area (Å²) in [4.78, 5) is 5.12. The lowest BCUT2D eigenvalue weighted by atomic mass is 9.73. The van der Waals surface area contributed by atoms with Crippen molar-refractivity contribution in [3.05, 3.63) is 29.8 Å². The summed E-state index contributed by atoms with van der Waals surface area (Å²) in [6.45, 7) is 16.7. The zero-order valence-corrected chi connectivity index (χ0v) is 15.1. The van der Waals surface area contributed by atoms with E-state index < -0.39 is 0 Å². The summed E-state index contributed by atoms with van der Waals surface area (Å²) in [5.41, 5.74) is 2.93. The summed E-state index contributed by atoms with van der Waals surface area (Å²) in [6, 6.07) is 8.89. The molecule has 22 heavy (non-hydrogen) atoms. The van der Waals surface area contributed by atoms with Crippen LogP contribution in [-0.2, 0) is 4.74 Å². The van der Waals surface area contributed by atoms with Gasteiger partial charge in [0.15, 0.2) is 0 Å². The number of ether oxygens (including phenoxy) is 1. The van der Waals surface area contributed by atoms with Gasteiger partial charge < -0.3 is 9.64 Å². The number of rotatable bonds is 5. The van der Waals surface area contributed by atoms with Gasteiger partial charge in [0.05, 0.1) is 6.61 Å². The van der Waals surface area contributed by atoms with Gasteiger partial charge in [-0.15, -0.1) is 0 Å². The van der Waals surface area contributed by atoms with Gasteiger partial charge in [-0.3, -0.25) is 4.90 Å². The number of aryl methyl sites for hydroxylation is 1. The van der Waals surface area contributed by atoms with Gasteiger partial charge in [0, 0.05) is 49.9 Å². The van der Waals surface area contributed by atoms with Crippen LogP contribution in [0.5, 0.6) is 0 Å². The van der Waals surface area contributed by atoms with Crippen molar-refractivity contribution >= 4 is 5.69 Å². The lowest BCUT2D eigenvalue weighted by Crippen LogP contribution is -2.61. The number of methoxy groups -OCH3 is 1. The van der Waals surface area contributed by atoms with E-state index in [1.165, 1.54) is 11.3 Å². The Kier molecular flexibility index (Phi) is 5.18. The van der Waals surface area contributed by atoms with E-state index in [4.69, 9.17) is 4.74 Å². The summed E-state index contributed by atoms with van der Waals surface area (Å²) < 4.78 is 5.45. The third kappa shape index (κ3) is 3.47. The molecule has 1 aromatic rings. The average Bonchev–Trinajstić information content (AvgIpc) is 2.48. The van der Waals surface area contributed by atoms with Crippen LogP contribution in [0.3, 0.4) is 0 Å². The Balaban J connectivity index is 2.00. The fourth-order valence-corrected chi connectivity index (χ4v) is 3.24. The van der Waals surface area contributed by atoms with Crippen LogP contribution in [0.15, 0.2) is 24.3 Å². The van der Waals surface area contributed by atoms with Gasteiger partial charge in [-0.2, -0.15) is 0 Å². The van der Waals surface area contributed by atoms with Crippen molar-refractivity contribution in [1.29, 1.82) is 0 Å². The third-order valence-corrected chi connectivity index (χ3v) is 5.63. The van der Waals surface area contributed by atoms with E-state index >= 15 is 0 Å². The first-order chi connectivity index (χ1) is 10.3. The van der Waals surface area contributed by atoms with Gasteiger partial charge in [-0.05, 0) is 32.9 Å². The van der Waals surface area contributed by atoms with E-state index in [0.29, 0.717) is 0 Å². The van der Waals surface area contributed by atoms with Crippen LogP contribution < -0.4 is 4.90 Å². The van der Waals surface area contributed by atoms with Crippen molar-refractivity contribution in [3.63, 3.8) is 0 Å². The fraction of sp³-hybridized carbons (Fsp3) is 0.684. The maximum absolute atomic E-state index is 5.45. The largest absolute Gasteiger partial charge is 0.384 e. The summed E-state index contributed by atoms with van der Waals surface area (Å²) in [7, 11) is 1.80. The molecule has 0 N–H and O–H groups in total. The molecule has 0 radical (unpaired) electrons. The van der Waals surface area contributed by atoms with Crippen molar-refractivity contribution < 1.29 is 4.74 Å². The van der Waals surface area contributed by atoms with Crippen LogP contribution in [0.4, 0.5) is 5.69 Å². The minimum atomic E-state index is 0.127. The molecule has 0 amide bonds. The lowest BCUT2D eigenvalue weighted by molar-refractivity contribution is -0.0372. The molecule has 0 aromatic heterocycles. The zero-order valence-electron chi connectivity index (χ0n) is 15.1. The quantitative estimate of drug-likeness (QED) is 0.827. The molecule has 0 unspecified atom stereocenters. The summed E-state index contributed by atoms with van der Waals surface area (Å²) in [5.74, 6) is 0. The highest BCUT2D eigenvalue weighted by atomic mass is 16.5. The van der Waals surface area contributed by atoms with Gasteiger partial charge in [0.1, 0.15) is 0 Å². The molecule has 0 atom stereocenters. The maximum atomic E-state index is 5.45. The molecule has 1 saturated heterocycles. The molecule has 1 aromatic carbocycles. The molecular weight excluding hydrogens is 272 g/mol. The van der Waals surface area contributed by atoms with E-state index in [2.05, 4.69) is 68.7 Å². The smallest absolute Gasteiger partial charge is 0.0530 e. The van der Waals surface area contributed by atoms with Crippen molar-refractivity contribution in [2.75, 3.05) is 44.8 Å². The molecule has 1 aliphatic heterocycles. The molecule has 0 bridgehead atoms. The minimum Gasteiger partial charge on any atom is -0.384 e. The second-order valence-corrected chi connectivity index (χ2v) is 7.69. The number of benzene rings is 1. The Labute approximate surface area is 136 Å². The monoisotopic (exact) mass is 304 g/mol. The molecule has 0 spiro atoms. The number of hydrogen-bond acceptors (Lipinski definition) is 3. The second-order valence-electron chi connectivity index (χ2n) is 7.69. The normalized spacial score (nSPS) is 17.8. The van der Waals surface area contributed by atoms with E-state index in [0.717, 1.165) is 32.8 Å². The Morgan fingerprint density at radius 2 is 1.50 bits per heavy atom. The van der Waals surface area contributed by atoms with Crippen LogP contribution in [0.25, 0.3) is 0 Å². The highest BCUT2D eigenvalue weighted by Crippen LogP contribution is 2.36. The predicted molar refractivity (Wildman–Crippen MR) is 94.7 cm³/mol. The van der Waals surface area contributed by atoms with E-state index in [1.807, 2.05) is 0 Å². The van der Waals surface area contributed by atoms with E-state index in [-0.39, 0.29) is 11.0 Å². The number of nitrogens with zero attached hydrogens (tertiary/aromatic N) is 2. The van der Waals surface area contributed by atoms with Crippen LogP contribution in [0.2, 0.25) is 0 Å². The Hall–Kier alpha value is -1.06. The Morgan fingerprint density at radius 3 is 2.00 bits per heavy atom. The SMILES string of the molecule is COCC(C)(C)C(C)(C)N1CCN(c2ccc(C)cc2)CC1. The standard InChI is InChI=1S/C19H32N2O/c1-16-7-9-17(10-8-16)20-11-13-21(14-12-20)19(4,5)18(2,3)15-22-6/h7-10H,11-15H2,1-6H3. The van der Waals surface area contributed by atoms with E-state index in [1.54, 1.807) is 7.11 Å². The van der Waals surface area contributed by atoms with Crippen LogP contribution in [-0.4, -0.2) is 50.3 Å². The van der Waals surface area contributed by atoms with Gasteiger partial charge in [0.2, 0.25) is 0 Å². The fourth-order valence-electron chi connectivity index (χ4n) is 3.24. The number of anilines is 1. The third-order valence-electron chi connectivity index (χ3n) is 5.63. The van der Waals surface area contributed by atoms with Gasteiger partial charge >= 0.3 is 0 Å². The first-order valence-corrected chi connectivity index (χ1v) is 8.33. The maximum Gasteiger partial charge on any atom is 0.0530 e. The minimum absolute atomic E-state index is 0.127.